The summed E-state index contributed by atoms with van der Waals surface area (Å²) >= 11 is 0. The Hall–Kier alpha value is -4.56. The van der Waals surface area contributed by atoms with Crippen LogP contribution in [0.5, 0.6) is 5.75 Å². The summed E-state index contributed by atoms with van der Waals surface area (Å²) in [5.74, 6) is -1.35. The molecule has 15 heteroatoms. The fraction of sp³-hybridized carbons (Fsp3) is 0.684. The summed E-state index contributed by atoms with van der Waals surface area (Å²) in [5.41, 5.74) is -0.421. The average molecular weight is 746 g/mol. The number of piperidine rings is 1. The molecule has 2 aliphatic rings. The van der Waals surface area contributed by atoms with Crippen molar-refractivity contribution in [3.8, 4) is 5.75 Å². The van der Waals surface area contributed by atoms with Crippen LogP contribution in [0.15, 0.2) is 12.1 Å². The van der Waals surface area contributed by atoms with Gasteiger partial charge < -0.3 is 44.3 Å². The van der Waals surface area contributed by atoms with Gasteiger partial charge in [0.15, 0.2) is 5.60 Å². The van der Waals surface area contributed by atoms with Crippen LogP contribution in [-0.4, -0.2) is 107 Å². The molecule has 0 radical (unpaired) electrons. The Bertz CT molecular complexity index is 1540. The lowest BCUT2D eigenvalue weighted by Gasteiger charge is -2.42. The van der Waals surface area contributed by atoms with E-state index in [2.05, 4.69) is 10.6 Å². The zero-order valence-electron chi connectivity index (χ0n) is 33.4. The smallest absolute Gasteiger partial charge is 0.412 e. The normalized spacial score (nSPS) is 18.0. The highest BCUT2D eigenvalue weighted by Crippen LogP contribution is 2.40. The van der Waals surface area contributed by atoms with Crippen molar-refractivity contribution in [2.45, 2.75) is 138 Å². The second-order valence-electron chi connectivity index (χ2n) is 15.7. The predicted molar refractivity (Wildman–Crippen MR) is 197 cm³/mol. The van der Waals surface area contributed by atoms with E-state index < -0.39 is 41.7 Å². The molecule has 1 saturated heterocycles. The molecule has 1 aromatic rings. The van der Waals surface area contributed by atoms with Crippen LogP contribution in [0.1, 0.15) is 111 Å². The highest BCUT2D eigenvalue weighted by molar-refractivity contribution is 6.05. The van der Waals surface area contributed by atoms with Gasteiger partial charge in [-0.05, 0) is 91.8 Å². The molecule has 296 valence electrons. The first kappa shape index (κ1) is 42.8. The van der Waals surface area contributed by atoms with Gasteiger partial charge in [0.2, 0.25) is 12.2 Å². The molecule has 5 amide bonds. The number of carbonyl (C=O) groups excluding carboxylic acids is 6. The molecule has 0 saturated carbocycles. The summed E-state index contributed by atoms with van der Waals surface area (Å²) in [6.45, 7) is 21.7. The number of esters is 1. The number of nitrogens with one attached hydrogen (secondary N) is 2. The van der Waals surface area contributed by atoms with Crippen LogP contribution in [0.4, 0.5) is 15.3 Å². The standard InChI is InChI=1S/C38H59N5O10/c1-13-30(44)39-16-18-42-28-20-27(24(6)19-29(28)52-38(11,12)34(42)47)32(45)43(23(4)5)26-15-14-17-41(21-26)36(49)51-25(7)50-33(46)31(22(2)3)40-35(48)53-37(8,9)10/h19-20,22-23,25-26,31H,13-18,21H2,1-12H3,(H,39,44)(H,40,48)/t25?,26-,31+/m1/s1. The Morgan fingerprint density at radius 3 is 2.30 bits per heavy atom. The number of aryl methyl sites for hydroxylation is 1. The zero-order chi connectivity index (χ0) is 40.0. The van der Waals surface area contributed by atoms with Gasteiger partial charge in [-0.2, -0.15) is 0 Å². The summed E-state index contributed by atoms with van der Waals surface area (Å²) in [4.78, 5) is 83.2. The number of rotatable bonds is 12. The SMILES string of the molecule is CCC(=O)NCCN1C(=O)C(C)(C)Oc2cc(C)c(C(=O)N(C(C)C)[C@@H]3CCCN(C(=O)OC(C)OC(=O)[C@@H](NC(=O)OC(C)(C)C)C(C)C)C3)cc21. The molecule has 1 unspecified atom stereocenters. The van der Waals surface area contributed by atoms with Crippen LogP contribution < -0.4 is 20.3 Å². The molecule has 2 N–H and O–H groups in total. The average Bonchev–Trinajstić information content (AvgIpc) is 3.03. The van der Waals surface area contributed by atoms with E-state index in [1.54, 1.807) is 77.3 Å². The Kier molecular flexibility index (Phi) is 14.2. The van der Waals surface area contributed by atoms with E-state index >= 15 is 0 Å². The number of hydrogen-bond acceptors (Lipinski definition) is 10. The number of nitrogens with zero attached hydrogens (tertiary/aromatic N) is 3. The van der Waals surface area contributed by atoms with Crippen molar-refractivity contribution >= 4 is 41.6 Å². The van der Waals surface area contributed by atoms with E-state index in [9.17, 15) is 28.8 Å². The molecule has 2 aliphatic heterocycles. The first-order valence-electron chi connectivity index (χ1n) is 18.5. The number of fused-ring (bicyclic) bond motifs is 1. The monoisotopic (exact) mass is 745 g/mol. The second-order valence-corrected chi connectivity index (χ2v) is 15.7. The molecule has 3 atom stereocenters. The first-order valence-corrected chi connectivity index (χ1v) is 18.5. The molecule has 0 aliphatic carbocycles. The molecule has 0 spiro atoms. The lowest BCUT2D eigenvalue weighted by molar-refractivity contribution is -0.170. The van der Waals surface area contributed by atoms with Gasteiger partial charge in [0, 0.05) is 51.1 Å². The Morgan fingerprint density at radius 1 is 1.06 bits per heavy atom. The summed E-state index contributed by atoms with van der Waals surface area (Å²) < 4.78 is 22.3. The topological polar surface area (TPSA) is 173 Å². The molecule has 3 rings (SSSR count). The number of anilines is 1. The summed E-state index contributed by atoms with van der Waals surface area (Å²) in [7, 11) is 0. The number of likely N-dealkylation sites (tertiary alicyclic amines) is 1. The van der Waals surface area contributed by atoms with Crippen molar-refractivity contribution in [1.29, 1.82) is 0 Å². The lowest BCUT2D eigenvalue weighted by atomic mass is 9.97. The fourth-order valence-corrected chi connectivity index (χ4v) is 6.32. The Balaban J connectivity index is 1.76. The van der Waals surface area contributed by atoms with Crippen LogP contribution in [0.2, 0.25) is 0 Å². The third kappa shape index (κ3) is 11.2. The molecule has 1 fully saturated rings. The van der Waals surface area contributed by atoms with Crippen molar-refractivity contribution in [3.63, 3.8) is 0 Å². The van der Waals surface area contributed by atoms with Crippen LogP contribution in [0.25, 0.3) is 0 Å². The van der Waals surface area contributed by atoms with Gasteiger partial charge in [-0.15, -0.1) is 0 Å². The van der Waals surface area contributed by atoms with Crippen molar-refractivity contribution in [3.05, 3.63) is 23.3 Å². The van der Waals surface area contributed by atoms with E-state index in [-0.39, 0.29) is 55.4 Å². The fourth-order valence-electron chi connectivity index (χ4n) is 6.32. The van der Waals surface area contributed by atoms with Gasteiger partial charge in [0.25, 0.3) is 11.8 Å². The molecule has 1 aromatic carbocycles. The summed E-state index contributed by atoms with van der Waals surface area (Å²) in [6, 6.07) is 1.78. The lowest BCUT2D eigenvalue weighted by Crippen LogP contribution is -2.55. The molecule has 2 heterocycles. The molecule has 0 aromatic heterocycles. The maximum absolute atomic E-state index is 14.4. The van der Waals surface area contributed by atoms with Gasteiger partial charge in [-0.25, -0.2) is 14.4 Å². The van der Waals surface area contributed by atoms with E-state index in [1.165, 1.54) is 11.8 Å². The Morgan fingerprint density at radius 2 is 1.72 bits per heavy atom. The highest BCUT2D eigenvalue weighted by atomic mass is 16.7. The van der Waals surface area contributed by atoms with Gasteiger partial charge in [0.1, 0.15) is 17.4 Å². The minimum Gasteiger partial charge on any atom is -0.476 e. The Labute approximate surface area is 313 Å². The van der Waals surface area contributed by atoms with Gasteiger partial charge in [0.05, 0.1) is 11.7 Å². The van der Waals surface area contributed by atoms with Crippen LogP contribution in [0, 0.1) is 12.8 Å². The first-order chi connectivity index (χ1) is 24.6. The third-order valence-electron chi connectivity index (χ3n) is 8.91. The van der Waals surface area contributed by atoms with E-state index in [0.717, 1.165) is 0 Å². The number of ether oxygens (including phenoxy) is 4. The molecular weight excluding hydrogens is 686 g/mol. The quantitative estimate of drug-likeness (QED) is 0.221. The highest BCUT2D eigenvalue weighted by Gasteiger charge is 2.42. The minimum atomic E-state index is -1.26. The summed E-state index contributed by atoms with van der Waals surface area (Å²) in [6.07, 6.45) is -1.19. The van der Waals surface area contributed by atoms with E-state index in [1.807, 2.05) is 20.8 Å². The number of amides is 5. The second kappa shape index (κ2) is 17.5. The van der Waals surface area contributed by atoms with Crippen molar-refractivity contribution in [2.75, 3.05) is 31.1 Å². The van der Waals surface area contributed by atoms with Crippen LogP contribution in [-0.2, 0) is 28.6 Å². The number of alkyl carbamates (subject to hydrolysis) is 1. The van der Waals surface area contributed by atoms with Crippen molar-refractivity contribution < 1.29 is 47.7 Å². The number of hydrogen-bond donors (Lipinski definition) is 2. The maximum Gasteiger partial charge on any atom is 0.412 e. The maximum atomic E-state index is 14.4. The van der Waals surface area contributed by atoms with Gasteiger partial charge in [-0.1, -0.05) is 20.8 Å². The molecule has 0 bridgehead atoms. The number of carbonyl (C=O) groups is 6. The van der Waals surface area contributed by atoms with E-state index in [0.29, 0.717) is 48.4 Å². The van der Waals surface area contributed by atoms with Gasteiger partial charge in [-0.3, -0.25) is 14.4 Å². The third-order valence-corrected chi connectivity index (χ3v) is 8.91. The molecular formula is C38H59N5O10. The summed E-state index contributed by atoms with van der Waals surface area (Å²) in [5, 5.41) is 5.33. The van der Waals surface area contributed by atoms with E-state index in [4.69, 9.17) is 18.9 Å². The minimum absolute atomic E-state index is 0.134. The van der Waals surface area contributed by atoms with Crippen molar-refractivity contribution in [1.82, 2.24) is 20.4 Å². The predicted octanol–water partition coefficient (Wildman–Crippen LogP) is 4.92. The van der Waals surface area contributed by atoms with Crippen LogP contribution >= 0.6 is 0 Å². The van der Waals surface area contributed by atoms with Crippen molar-refractivity contribution in [2.24, 2.45) is 5.92 Å². The largest absolute Gasteiger partial charge is 0.476 e. The molecule has 53 heavy (non-hydrogen) atoms. The molecule has 15 nitrogen and oxygen atoms in total. The zero-order valence-corrected chi connectivity index (χ0v) is 33.4. The van der Waals surface area contributed by atoms with Crippen LogP contribution in [0.3, 0.4) is 0 Å². The van der Waals surface area contributed by atoms with Gasteiger partial charge >= 0.3 is 18.2 Å². The number of benzene rings is 1.